The zero-order valence-corrected chi connectivity index (χ0v) is 15.5. The Kier molecular flexibility index (Phi) is 6.36. The molecular weight excluding hydrogens is 360 g/mol. The fourth-order valence-electron chi connectivity index (χ4n) is 2.22. The first-order valence-corrected chi connectivity index (χ1v) is 10.2. The molecule has 0 atom stereocenters. The Hall–Kier alpha value is -2.42. The van der Waals surface area contributed by atoms with E-state index in [1.165, 1.54) is 24.1 Å². The molecule has 8 nitrogen and oxygen atoms in total. The van der Waals surface area contributed by atoms with Gasteiger partial charge in [0.2, 0.25) is 5.91 Å². The number of nitrogens with one attached hydrogen (secondary N) is 1. The Morgan fingerprint density at radius 1 is 1.27 bits per heavy atom. The van der Waals surface area contributed by atoms with Crippen molar-refractivity contribution < 1.29 is 27.5 Å². The van der Waals surface area contributed by atoms with E-state index in [2.05, 4.69) is 5.32 Å². The van der Waals surface area contributed by atoms with Crippen LogP contribution in [-0.4, -0.2) is 63.6 Å². The number of likely N-dealkylation sites (N-methyl/N-ethyl adjacent to an activating group) is 1. The minimum atomic E-state index is -3.22. The third kappa shape index (κ3) is 6.83. The van der Waals surface area contributed by atoms with Gasteiger partial charge in [-0.15, -0.1) is 0 Å². The predicted molar refractivity (Wildman–Crippen MR) is 94.1 cm³/mol. The third-order valence-electron chi connectivity index (χ3n) is 3.67. The molecule has 1 aliphatic carbocycles. The van der Waals surface area contributed by atoms with Gasteiger partial charge in [0.25, 0.3) is 5.91 Å². The van der Waals surface area contributed by atoms with Gasteiger partial charge in [-0.3, -0.25) is 9.59 Å². The number of hydrogen-bond acceptors (Lipinski definition) is 6. The lowest BCUT2D eigenvalue weighted by Gasteiger charge is -2.16. The van der Waals surface area contributed by atoms with Crippen molar-refractivity contribution in [1.29, 1.82) is 0 Å². The van der Waals surface area contributed by atoms with Crippen molar-refractivity contribution >= 4 is 27.6 Å². The molecule has 0 saturated heterocycles. The summed E-state index contributed by atoms with van der Waals surface area (Å²) in [6.07, 6.45) is 3.02. The maximum absolute atomic E-state index is 12.0. The zero-order valence-electron chi connectivity index (χ0n) is 14.7. The lowest BCUT2D eigenvalue weighted by Crippen LogP contribution is -2.40. The fraction of sp³-hybridized carbons (Fsp3) is 0.471. The molecule has 26 heavy (non-hydrogen) atoms. The summed E-state index contributed by atoms with van der Waals surface area (Å²) in [5.74, 6) is -1.67. The quantitative estimate of drug-likeness (QED) is 0.640. The minimum Gasteiger partial charge on any atom is -0.452 e. The normalized spacial score (nSPS) is 13.8. The van der Waals surface area contributed by atoms with Crippen LogP contribution in [0, 0.1) is 0 Å². The van der Waals surface area contributed by atoms with E-state index in [4.69, 9.17) is 4.74 Å². The standard InChI is InChI=1S/C17H22N2O6S/c1-19(9-15(20)18-14-6-7-14)16(21)10-25-17(22)13-5-3-4-12(8-13)11-26(2,23)24/h3-5,8,14H,6-7,9-11H2,1-2H3,(H,18,20). The summed E-state index contributed by atoms with van der Waals surface area (Å²) in [6.45, 7) is -0.598. The number of esters is 1. The van der Waals surface area contributed by atoms with E-state index in [1.807, 2.05) is 0 Å². The monoisotopic (exact) mass is 382 g/mol. The third-order valence-corrected chi connectivity index (χ3v) is 4.52. The summed E-state index contributed by atoms with van der Waals surface area (Å²) in [5, 5.41) is 2.77. The van der Waals surface area contributed by atoms with E-state index in [9.17, 15) is 22.8 Å². The van der Waals surface area contributed by atoms with Gasteiger partial charge >= 0.3 is 5.97 Å². The van der Waals surface area contributed by atoms with Crippen molar-refractivity contribution in [1.82, 2.24) is 10.2 Å². The number of hydrogen-bond donors (Lipinski definition) is 1. The van der Waals surface area contributed by atoms with Crippen molar-refractivity contribution in [3.8, 4) is 0 Å². The average Bonchev–Trinajstić information content (AvgIpc) is 3.34. The van der Waals surface area contributed by atoms with Crippen LogP contribution in [0.4, 0.5) is 0 Å². The van der Waals surface area contributed by atoms with Crippen molar-refractivity contribution in [2.75, 3.05) is 26.5 Å². The highest BCUT2D eigenvalue weighted by Gasteiger charge is 2.24. The molecule has 142 valence electrons. The Morgan fingerprint density at radius 2 is 1.96 bits per heavy atom. The summed E-state index contributed by atoms with van der Waals surface area (Å²) in [4.78, 5) is 36.8. The van der Waals surface area contributed by atoms with Crippen molar-refractivity contribution in [3.05, 3.63) is 35.4 Å². The molecule has 0 spiro atoms. The summed E-state index contributed by atoms with van der Waals surface area (Å²) in [5.41, 5.74) is 0.621. The van der Waals surface area contributed by atoms with Gasteiger partial charge in [-0.2, -0.15) is 0 Å². The van der Waals surface area contributed by atoms with E-state index >= 15 is 0 Å². The van der Waals surface area contributed by atoms with Crippen molar-refractivity contribution in [2.45, 2.75) is 24.6 Å². The van der Waals surface area contributed by atoms with Gasteiger partial charge in [-0.1, -0.05) is 12.1 Å². The number of benzene rings is 1. The Morgan fingerprint density at radius 3 is 2.58 bits per heavy atom. The predicted octanol–water partition coefficient (Wildman–Crippen LogP) is 0.125. The molecule has 0 radical (unpaired) electrons. The zero-order chi connectivity index (χ0) is 19.3. The van der Waals surface area contributed by atoms with Crippen molar-refractivity contribution in [2.24, 2.45) is 0 Å². The molecule has 0 aliphatic heterocycles. The van der Waals surface area contributed by atoms with Crippen LogP contribution in [0.25, 0.3) is 0 Å². The van der Waals surface area contributed by atoms with Crippen molar-refractivity contribution in [3.63, 3.8) is 0 Å². The second kappa shape index (κ2) is 8.31. The molecule has 1 aliphatic rings. The smallest absolute Gasteiger partial charge is 0.338 e. The van der Waals surface area contributed by atoms with Gasteiger partial charge in [-0.25, -0.2) is 13.2 Å². The molecule has 0 bridgehead atoms. The maximum Gasteiger partial charge on any atom is 0.338 e. The second-order valence-electron chi connectivity index (χ2n) is 6.44. The summed E-state index contributed by atoms with van der Waals surface area (Å²) in [7, 11) is -1.77. The first kappa shape index (κ1) is 19.9. The Balaban J connectivity index is 1.84. The highest BCUT2D eigenvalue weighted by molar-refractivity contribution is 7.89. The van der Waals surface area contributed by atoms with Gasteiger partial charge in [0.1, 0.15) is 0 Å². The average molecular weight is 382 g/mol. The van der Waals surface area contributed by atoms with Crippen LogP contribution in [0.2, 0.25) is 0 Å². The van der Waals surface area contributed by atoms with Gasteiger partial charge in [0.05, 0.1) is 17.9 Å². The summed E-state index contributed by atoms with van der Waals surface area (Å²) < 4.78 is 27.6. The van der Waals surface area contributed by atoms with Crippen LogP contribution in [-0.2, 0) is 29.9 Å². The van der Waals surface area contributed by atoms with Gasteiger partial charge in [0.15, 0.2) is 16.4 Å². The van der Waals surface area contributed by atoms with Crippen LogP contribution >= 0.6 is 0 Å². The van der Waals surface area contributed by atoms with E-state index < -0.39 is 28.3 Å². The molecule has 1 aromatic carbocycles. The molecule has 1 aromatic rings. The number of ether oxygens (including phenoxy) is 1. The number of carbonyl (C=O) groups is 3. The number of rotatable bonds is 8. The van der Waals surface area contributed by atoms with Gasteiger partial charge < -0.3 is 15.0 Å². The molecule has 1 saturated carbocycles. The number of sulfone groups is 1. The van der Waals surface area contributed by atoms with Crippen LogP contribution in [0.5, 0.6) is 0 Å². The number of carbonyl (C=O) groups excluding carboxylic acids is 3. The van der Waals surface area contributed by atoms with Crippen LogP contribution < -0.4 is 5.32 Å². The number of nitrogens with zero attached hydrogens (tertiary/aromatic N) is 1. The molecule has 0 aromatic heterocycles. The topological polar surface area (TPSA) is 110 Å². The first-order chi connectivity index (χ1) is 12.1. The maximum atomic E-state index is 12.0. The molecule has 2 rings (SSSR count). The molecule has 2 amide bonds. The largest absolute Gasteiger partial charge is 0.452 e. The molecular formula is C17H22N2O6S. The Bertz CT molecular complexity index is 801. The summed E-state index contributed by atoms with van der Waals surface area (Å²) >= 11 is 0. The van der Waals surface area contributed by atoms with Crippen LogP contribution in [0.1, 0.15) is 28.8 Å². The van der Waals surface area contributed by atoms with E-state index in [1.54, 1.807) is 12.1 Å². The molecule has 1 fully saturated rings. The van der Waals surface area contributed by atoms with Gasteiger partial charge in [-0.05, 0) is 30.5 Å². The second-order valence-corrected chi connectivity index (χ2v) is 8.58. The molecule has 9 heteroatoms. The lowest BCUT2D eigenvalue weighted by atomic mass is 10.1. The first-order valence-electron chi connectivity index (χ1n) is 8.11. The molecule has 1 N–H and O–H groups in total. The highest BCUT2D eigenvalue weighted by Crippen LogP contribution is 2.18. The lowest BCUT2D eigenvalue weighted by molar-refractivity contribution is -0.137. The molecule has 0 heterocycles. The van der Waals surface area contributed by atoms with E-state index in [-0.39, 0.29) is 29.8 Å². The van der Waals surface area contributed by atoms with Crippen LogP contribution in [0.15, 0.2) is 24.3 Å². The SMILES string of the molecule is CN(CC(=O)NC1CC1)C(=O)COC(=O)c1cccc(CS(C)(=O)=O)c1. The highest BCUT2D eigenvalue weighted by atomic mass is 32.2. The fourth-order valence-corrected chi connectivity index (χ4v) is 3.00. The molecule has 0 unspecified atom stereocenters. The van der Waals surface area contributed by atoms with Crippen LogP contribution in [0.3, 0.4) is 0 Å². The number of amides is 2. The van der Waals surface area contributed by atoms with Gasteiger partial charge in [0, 0.05) is 19.3 Å². The van der Waals surface area contributed by atoms with E-state index in [0.29, 0.717) is 5.56 Å². The van der Waals surface area contributed by atoms with E-state index in [0.717, 1.165) is 19.1 Å². The Labute approximate surface area is 152 Å². The minimum absolute atomic E-state index is 0.100. The summed E-state index contributed by atoms with van der Waals surface area (Å²) in [6, 6.07) is 6.25.